The van der Waals surface area contributed by atoms with E-state index in [1.807, 2.05) is 24.5 Å². The molecule has 1 saturated heterocycles. The summed E-state index contributed by atoms with van der Waals surface area (Å²) in [7, 11) is 0. The van der Waals surface area contributed by atoms with Crippen LogP contribution in [0.3, 0.4) is 0 Å². The van der Waals surface area contributed by atoms with Crippen molar-refractivity contribution < 1.29 is 4.39 Å². The molecule has 1 unspecified atom stereocenters. The van der Waals surface area contributed by atoms with E-state index in [9.17, 15) is 9.65 Å². The van der Waals surface area contributed by atoms with Crippen LogP contribution in [0.25, 0.3) is 16.6 Å². The number of fused-ring (bicyclic) bond motifs is 2. The van der Waals surface area contributed by atoms with Crippen molar-refractivity contribution in [3.63, 3.8) is 0 Å². The number of nitrogens with one attached hydrogen (secondary N) is 1. The highest BCUT2D eigenvalue weighted by molar-refractivity contribution is 7.99. The topological polar surface area (TPSA) is 70.9 Å². The van der Waals surface area contributed by atoms with Crippen molar-refractivity contribution in [3.8, 4) is 17.2 Å². The number of pyridine rings is 1. The van der Waals surface area contributed by atoms with Gasteiger partial charge in [-0.2, -0.15) is 15.5 Å². The molecular weight excluding hydrogens is 435 g/mol. The fourth-order valence-corrected chi connectivity index (χ4v) is 6.48. The molecule has 1 aliphatic carbocycles. The quantitative estimate of drug-likeness (QED) is 0.474. The van der Waals surface area contributed by atoms with E-state index in [1.54, 1.807) is 22.8 Å². The number of benzene rings is 1. The summed E-state index contributed by atoms with van der Waals surface area (Å²) in [5.41, 5.74) is 4.28. The predicted molar refractivity (Wildman–Crippen MR) is 125 cm³/mol. The molecule has 2 fully saturated rings. The Hall–Kier alpha value is -3.15. The number of hydrogen-bond donors (Lipinski definition) is 1. The summed E-state index contributed by atoms with van der Waals surface area (Å²) < 4.78 is 18.3. The second kappa shape index (κ2) is 8.01. The third kappa shape index (κ3) is 3.43. The van der Waals surface area contributed by atoms with Gasteiger partial charge in [-0.25, -0.2) is 8.91 Å². The van der Waals surface area contributed by atoms with Crippen LogP contribution in [-0.4, -0.2) is 32.5 Å². The Morgan fingerprint density at radius 2 is 1.91 bits per heavy atom. The average molecular weight is 459 g/mol. The van der Waals surface area contributed by atoms with Gasteiger partial charge in [0.05, 0.1) is 29.5 Å². The van der Waals surface area contributed by atoms with E-state index in [2.05, 4.69) is 28.1 Å². The summed E-state index contributed by atoms with van der Waals surface area (Å²) in [5, 5.41) is 22.3. The molecule has 0 radical (unpaired) electrons. The summed E-state index contributed by atoms with van der Waals surface area (Å²) in [6, 6.07) is 11.4. The van der Waals surface area contributed by atoms with Crippen LogP contribution in [0.15, 0.2) is 58.7 Å². The van der Waals surface area contributed by atoms with E-state index in [0.29, 0.717) is 22.0 Å². The van der Waals surface area contributed by atoms with Crippen LogP contribution in [0.2, 0.25) is 0 Å². The van der Waals surface area contributed by atoms with Crippen LogP contribution in [0.5, 0.6) is 0 Å². The van der Waals surface area contributed by atoms with Crippen molar-refractivity contribution in [2.24, 2.45) is 11.8 Å². The number of aromatic nitrogens is 4. The van der Waals surface area contributed by atoms with Gasteiger partial charge in [-0.3, -0.25) is 4.68 Å². The Morgan fingerprint density at radius 3 is 2.67 bits per heavy atom. The van der Waals surface area contributed by atoms with E-state index in [1.165, 1.54) is 17.8 Å². The lowest BCUT2D eigenvalue weighted by molar-refractivity contribution is 0.425. The van der Waals surface area contributed by atoms with Crippen LogP contribution in [0.4, 0.5) is 4.39 Å². The van der Waals surface area contributed by atoms with Crippen molar-refractivity contribution >= 4 is 17.3 Å². The summed E-state index contributed by atoms with van der Waals surface area (Å²) in [5.74, 6) is 1.21. The number of rotatable bonds is 4. The molecule has 6 nitrogen and oxygen atoms in total. The molecule has 166 valence electrons. The van der Waals surface area contributed by atoms with E-state index in [0.717, 1.165) is 59.5 Å². The highest BCUT2D eigenvalue weighted by Gasteiger charge is 2.38. The number of halogens is 1. The Bertz CT molecular complexity index is 1390. The van der Waals surface area contributed by atoms with E-state index in [4.69, 9.17) is 5.10 Å². The van der Waals surface area contributed by atoms with Crippen LogP contribution < -0.4 is 5.32 Å². The first kappa shape index (κ1) is 20.5. The fourth-order valence-electron chi connectivity index (χ4n) is 5.45. The molecule has 3 aromatic heterocycles. The van der Waals surface area contributed by atoms with Gasteiger partial charge in [-0.05, 0) is 62.9 Å². The van der Waals surface area contributed by atoms with Gasteiger partial charge in [0.15, 0.2) is 0 Å². The standard InChI is InChI=1S/C25H23FN6S/c1-15-21(13-30-32(15)20-6-16-10-28-11-17(16)7-20)18-8-24(33-23-5-3-2-4-22(23)26)25-19(9-27)12-29-31(25)14-18/h2-5,8,12-14,16-17,20,28H,6-7,10-11H2,1H3/t16-,17+,20?. The predicted octanol–water partition coefficient (Wildman–Crippen LogP) is 4.84. The van der Waals surface area contributed by atoms with Crippen LogP contribution in [0.1, 0.15) is 30.1 Å². The lowest BCUT2D eigenvalue weighted by Gasteiger charge is -2.15. The first-order valence-corrected chi connectivity index (χ1v) is 12.0. The molecule has 1 N–H and O–H groups in total. The van der Waals surface area contributed by atoms with E-state index < -0.39 is 0 Å². The SMILES string of the molecule is Cc1c(-c2cc(Sc3ccccc3F)c3c(C#N)cnn3c2)cnn1C1C[C@H]2CNC[C@H]2C1. The Kier molecular flexibility index (Phi) is 4.97. The minimum Gasteiger partial charge on any atom is -0.316 e. The molecule has 0 amide bonds. The molecule has 1 aliphatic heterocycles. The maximum absolute atomic E-state index is 14.4. The molecule has 1 saturated carbocycles. The van der Waals surface area contributed by atoms with E-state index in [-0.39, 0.29) is 5.82 Å². The van der Waals surface area contributed by atoms with Crippen LogP contribution in [0, 0.1) is 35.9 Å². The molecular formula is C25H23FN6S. The Morgan fingerprint density at radius 1 is 1.12 bits per heavy atom. The molecule has 4 heterocycles. The lowest BCUT2D eigenvalue weighted by atomic mass is 10.0. The highest BCUT2D eigenvalue weighted by atomic mass is 32.2. The normalized spacial score (nSPS) is 22.0. The molecule has 33 heavy (non-hydrogen) atoms. The molecule has 3 atom stereocenters. The minimum absolute atomic E-state index is 0.283. The highest BCUT2D eigenvalue weighted by Crippen LogP contribution is 2.43. The van der Waals surface area contributed by atoms with Crippen molar-refractivity contribution in [1.29, 1.82) is 5.26 Å². The molecule has 8 heteroatoms. The average Bonchev–Trinajstić information content (AvgIpc) is 3.57. The summed E-state index contributed by atoms with van der Waals surface area (Å²) in [6.45, 7) is 4.34. The van der Waals surface area contributed by atoms with Crippen molar-refractivity contribution in [3.05, 3.63) is 66.0 Å². The molecule has 4 aromatic rings. The zero-order valence-electron chi connectivity index (χ0n) is 18.2. The first-order valence-electron chi connectivity index (χ1n) is 11.2. The second-order valence-corrected chi connectivity index (χ2v) is 10.1. The van der Waals surface area contributed by atoms with Gasteiger partial charge in [-0.1, -0.05) is 23.9 Å². The third-order valence-corrected chi connectivity index (χ3v) is 8.17. The fraction of sp³-hybridized carbons (Fsp3) is 0.320. The first-order chi connectivity index (χ1) is 16.1. The summed E-state index contributed by atoms with van der Waals surface area (Å²) >= 11 is 1.31. The molecule has 6 rings (SSSR count). The smallest absolute Gasteiger partial charge is 0.137 e. The van der Waals surface area contributed by atoms with Gasteiger partial charge in [0.1, 0.15) is 11.9 Å². The Balaban J connectivity index is 1.42. The zero-order chi connectivity index (χ0) is 22.5. The van der Waals surface area contributed by atoms with Crippen LogP contribution >= 0.6 is 11.8 Å². The van der Waals surface area contributed by atoms with Gasteiger partial charge in [0, 0.05) is 32.8 Å². The van der Waals surface area contributed by atoms with Gasteiger partial charge in [-0.15, -0.1) is 0 Å². The number of nitriles is 1. The minimum atomic E-state index is -0.283. The summed E-state index contributed by atoms with van der Waals surface area (Å²) in [6.07, 6.45) is 7.75. The van der Waals surface area contributed by atoms with Gasteiger partial charge >= 0.3 is 0 Å². The zero-order valence-corrected chi connectivity index (χ0v) is 19.0. The number of nitrogens with zero attached hydrogens (tertiary/aromatic N) is 5. The molecule has 0 spiro atoms. The van der Waals surface area contributed by atoms with Crippen molar-refractivity contribution in [2.75, 3.05) is 13.1 Å². The molecule has 2 aliphatic rings. The maximum Gasteiger partial charge on any atom is 0.137 e. The summed E-state index contributed by atoms with van der Waals surface area (Å²) in [4.78, 5) is 1.31. The number of hydrogen-bond acceptors (Lipinski definition) is 5. The van der Waals surface area contributed by atoms with Gasteiger partial charge < -0.3 is 5.32 Å². The van der Waals surface area contributed by atoms with Crippen molar-refractivity contribution in [2.45, 2.75) is 35.6 Å². The second-order valence-electron chi connectivity index (χ2n) is 8.98. The van der Waals surface area contributed by atoms with Crippen molar-refractivity contribution in [1.82, 2.24) is 24.7 Å². The monoisotopic (exact) mass is 458 g/mol. The Labute approximate surface area is 195 Å². The lowest BCUT2D eigenvalue weighted by Crippen LogP contribution is -2.15. The third-order valence-electron chi connectivity index (χ3n) is 7.08. The maximum atomic E-state index is 14.4. The van der Waals surface area contributed by atoms with E-state index >= 15 is 0 Å². The largest absolute Gasteiger partial charge is 0.316 e. The molecule has 1 aromatic carbocycles. The van der Waals surface area contributed by atoms with Gasteiger partial charge in [0.25, 0.3) is 0 Å². The molecule has 0 bridgehead atoms. The van der Waals surface area contributed by atoms with Crippen LogP contribution in [-0.2, 0) is 0 Å². The van der Waals surface area contributed by atoms with Gasteiger partial charge in [0.2, 0.25) is 0 Å².